The zero-order valence-electron chi connectivity index (χ0n) is 15.3. The second-order valence-corrected chi connectivity index (χ2v) is 8.03. The topological polar surface area (TPSA) is 76.1 Å². The maximum absolute atomic E-state index is 12.4. The number of carboxylic acid groups (broad SMARTS) is 1. The van der Waals surface area contributed by atoms with E-state index >= 15 is 0 Å². The smallest absolute Gasteiger partial charge is 0.323 e. The first-order valence-corrected chi connectivity index (χ1v) is 10.0. The highest BCUT2D eigenvalue weighted by Gasteiger charge is 2.33. The van der Waals surface area contributed by atoms with Crippen LogP contribution in [0.15, 0.2) is 47.4 Å². The van der Waals surface area contributed by atoms with Crippen LogP contribution in [-0.4, -0.2) is 39.9 Å². The number of aliphatic carboxylic acids is 1. The van der Waals surface area contributed by atoms with Crippen LogP contribution < -0.4 is 9.47 Å². The van der Waals surface area contributed by atoms with Crippen molar-refractivity contribution in [2.75, 3.05) is 13.7 Å². The third-order valence-electron chi connectivity index (χ3n) is 3.99. The molecule has 6 nitrogen and oxygen atoms in total. The van der Waals surface area contributed by atoms with Crippen molar-refractivity contribution in [2.45, 2.75) is 6.61 Å². The van der Waals surface area contributed by atoms with E-state index in [4.69, 9.17) is 38.4 Å². The van der Waals surface area contributed by atoms with Crippen molar-refractivity contribution < 1.29 is 24.2 Å². The molecule has 0 spiro atoms. The van der Waals surface area contributed by atoms with Gasteiger partial charge in [-0.2, -0.15) is 0 Å². The molecule has 2 aromatic rings. The first kappa shape index (κ1) is 21.2. The fourth-order valence-corrected chi connectivity index (χ4v) is 4.03. The number of rotatable bonds is 7. The monoisotopic (exact) mass is 449 g/mol. The predicted molar refractivity (Wildman–Crippen MR) is 116 cm³/mol. The van der Waals surface area contributed by atoms with E-state index < -0.39 is 18.4 Å². The Morgan fingerprint density at radius 2 is 2.03 bits per heavy atom. The Kier molecular flexibility index (Phi) is 6.79. The molecule has 3 rings (SSSR count). The zero-order valence-corrected chi connectivity index (χ0v) is 17.6. The van der Waals surface area contributed by atoms with E-state index in [1.54, 1.807) is 30.3 Å². The fourth-order valence-electron chi connectivity index (χ4n) is 2.59. The SMILES string of the molecule is COc1cc(/C=C2/SC(=S)N(CC(=O)O)C2=O)ccc1OCc1ccccc1Cl. The molecule has 0 aliphatic carbocycles. The van der Waals surface area contributed by atoms with Crippen LogP contribution in [-0.2, 0) is 16.2 Å². The molecule has 1 saturated heterocycles. The summed E-state index contributed by atoms with van der Waals surface area (Å²) in [6.07, 6.45) is 1.64. The highest BCUT2D eigenvalue weighted by molar-refractivity contribution is 8.26. The first-order chi connectivity index (χ1) is 13.9. The van der Waals surface area contributed by atoms with Crippen molar-refractivity contribution in [1.82, 2.24) is 4.90 Å². The van der Waals surface area contributed by atoms with Crippen molar-refractivity contribution in [3.05, 3.63) is 63.5 Å². The van der Waals surface area contributed by atoms with Crippen molar-refractivity contribution in [1.29, 1.82) is 0 Å². The van der Waals surface area contributed by atoms with E-state index in [0.717, 1.165) is 22.2 Å². The first-order valence-electron chi connectivity index (χ1n) is 8.40. The van der Waals surface area contributed by atoms with E-state index in [0.29, 0.717) is 27.0 Å². The number of benzene rings is 2. The molecule has 1 fully saturated rings. The largest absolute Gasteiger partial charge is 0.493 e. The van der Waals surface area contributed by atoms with Crippen LogP contribution in [0.4, 0.5) is 0 Å². The summed E-state index contributed by atoms with van der Waals surface area (Å²) in [5.41, 5.74) is 1.55. The van der Waals surface area contributed by atoms with Gasteiger partial charge in [0.1, 0.15) is 17.5 Å². The van der Waals surface area contributed by atoms with Gasteiger partial charge in [0.05, 0.1) is 12.0 Å². The number of carboxylic acids is 1. The third-order valence-corrected chi connectivity index (χ3v) is 5.74. The molecule has 0 radical (unpaired) electrons. The summed E-state index contributed by atoms with van der Waals surface area (Å²) in [5, 5.41) is 9.53. The lowest BCUT2D eigenvalue weighted by Crippen LogP contribution is -2.33. The van der Waals surface area contributed by atoms with Crippen LogP contribution in [0.2, 0.25) is 5.02 Å². The summed E-state index contributed by atoms with van der Waals surface area (Å²) in [5.74, 6) is -0.528. The van der Waals surface area contributed by atoms with Crippen molar-refractivity contribution in [3.63, 3.8) is 0 Å². The summed E-state index contributed by atoms with van der Waals surface area (Å²) in [6, 6.07) is 12.6. The Morgan fingerprint density at radius 3 is 2.72 bits per heavy atom. The van der Waals surface area contributed by atoms with E-state index in [1.165, 1.54) is 7.11 Å². The average molecular weight is 450 g/mol. The fraction of sp³-hybridized carbons (Fsp3) is 0.150. The lowest BCUT2D eigenvalue weighted by molar-refractivity contribution is -0.140. The second-order valence-electron chi connectivity index (χ2n) is 5.95. The Labute approximate surface area is 182 Å². The molecule has 29 heavy (non-hydrogen) atoms. The molecule has 9 heteroatoms. The molecule has 0 saturated carbocycles. The van der Waals surface area contributed by atoms with Crippen molar-refractivity contribution >= 4 is 57.9 Å². The summed E-state index contributed by atoms with van der Waals surface area (Å²) in [6.45, 7) is -0.177. The van der Waals surface area contributed by atoms with Gasteiger partial charge in [0.2, 0.25) is 0 Å². The number of carbonyl (C=O) groups excluding carboxylic acids is 1. The average Bonchev–Trinajstić information content (AvgIpc) is 2.95. The Balaban J connectivity index is 1.77. The van der Waals surface area contributed by atoms with Crippen LogP contribution in [0.3, 0.4) is 0 Å². The van der Waals surface area contributed by atoms with Crippen LogP contribution in [0.1, 0.15) is 11.1 Å². The number of methoxy groups -OCH3 is 1. The standard InChI is InChI=1S/C20H16ClNO5S2/c1-26-16-8-12(9-17-19(25)22(10-18(23)24)20(28)29-17)6-7-15(16)27-11-13-4-2-3-5-14(13)21/h2-9H,10-11H2,1H3,(H,23,24)/b17-9+. The van der Waals surface area contributed by atoms with E-state index in [1.807, 2.05) is 18.2 Å². The van der Waals surface area contributed by atoms with Gasteiger partial charge < -0.3 is 14.6 Å². The molecule has 1 heterocycles. The minimum Gasteiger partial charge on any atom is -0.493 e. The number of hydrogen-bond acceptors (Lipinski definition) is 6. The number of halogens is 1. The van der Waals surface area contributed by atoms with Crippen molar-refractivity contribution in [3.8, 4) is 11.5 Å². The minimum atomic E-state index is -1.12. The summed E-state index contributed by atoms with van der Waals surface area (Å²) >= 11 is 12.3. The molecule has 1 aliphatic rings. The minimum absolute atomic E-state index is 0.218. The zero-order chi connectivity index (χ0) is 21.0. The van der Waals surface area contributed by atoms with Gasteiger partial charge in [-0.05, 0) is 29.8 Å². The lowest BCUT2D eigenvalue weighted by atomic mass is 10.1. The van der Waals surface area contributed by atoms with Gasteiger partial charge in [-0.15, -0.1) is 0 Å². The number of carbonyl (C=O) groups is 2. The molecule has 0 aromatic heterocycles. The van der Waals surface area contributed by atoms with Gasteiger partial charge >= 0.3 is 5.97 Å². The van der Waals surface area contributed by atoms with Gasteiger partial charge in [-0.25, -0.2) is 0 Å². The van der Waals surface area contributed by atoms with Gasteiger partial charge in [-0.3, -0.25) is 14.5 Å². The number of amides is 1. The van der Waals surface area contributed by atoms with Gasteiger partial charge in [0.15, 0.2) is 11.5 Å². The molecule has 0 bridgehead atoms. The van der Waals surface area contributed by atoms with E-state index in [2.05, 4.69) is 0 Å². The quantitative estimate of drug-likeness (QED) is 0.501. The summed E-state index contributed by atoms with van der Waals surface area (Å²) in [4.78, 5) is 24.7. The van der Waals surface area contributed by atoms with Crippen molar-refractivity contribution in [2.24, 2.45) is 0 Å². The molecule has 150 valence electrons. The summed E-state index contributed by atoms with van der Waals surface area (Å²) in [7, 11) is 1.52. The van der Waals surface area contributed by atoms with Gasteiger partial charge in [-0.1, -0.05) is 59.8 Å². The van der Waals surface area contributed by atoms with Gasteiger partial charge in [0, 0.05) is 10.6 Å². The number of thiocarbonyl (C=S) groups is 1. The molecule has 0 atom stereocenters. The van der Waals surface area contributed by atoms with Crippen LogP contribution >= 0.6 is 35.6 Å². The lowest BCUT2D eigenvalue weighted by Gasteiger charge is -2.12. The maximum atomic E-state index is 12.4. The van der Waals surface area contributed by atoms with Crippen LogP contribution in [0.25, 0.3) is 6.08 Å². The predicted octanol–water partition coefficient (Wildman–Crippen LogP) is 4.21. The number of thioether (sulfide) groups is 1. The second kappa shape index (κ2) is 9.30. The maximum Gasteiger partial charge on any atom is 0.323 e. The number of ether oxygens (including phenoxy) is 2. The van der Waals surface area contributed by atoms with E-state index in [9.17, 15) is 9.59 Å². The highest BCUT2D eigenvalue weighted by Crippen LogP contribution is 2.35. The van der Waals surface area contributed by atoms with E-state index in [-0.39, 0.29) is 10.9 Å². The number of nitrogens with zero attached hydrogens (tertiary/aromatic N) is 1. The van der Waals surface area contributed by atoms with Crippen LogP contribution in [0.5, 0.6) is 11.5 Å². The molecule has 2 aromatic carbocycles. The molecule has 1 N–H and O–H groups in total. The number of hydrogen-bond donors (Lipinski definition) is 1. The molecule has 0 unspecified atom stereocenters. The molecular weight excluding hydrogens is 434 g/mol. The summed E-state index contributed by atoms with van der Waals surface area (Å²) < 4.78 is 11.4. The Hall–Kier alpha value is -2.55. The molecular formula is C20H16ClNO5S2. The third kappa shape index (κ3) is 5.09. The van der Waals surface area contributed by atoms with Gasteiger partial charge in [0.25, 0.3) is 5.91 Å². The highest BCUT2D eigenvalue weighted by atomic mass is 35.5. The van der Waals surface area contributed by atoms with Crippen LogP contribution in [0, 0.1) is 0 Å². The molecule has 1 amide bonds. The Bertz CT molecular complexity index is 1010. The Morgan fingerprint density at radius 1 is 1.28 bits per heavy atom. The normalized spacial score (nSPS) is 15.1. The molecule has 1 aliphatic heterocycles.